The summed E-state index contributed by atoms with van der Waals surface area (Å²) in [4.78, 5) is 23.5. The molecule has 0 radical (unpaired) electrons. The predicted molar refractivity (Wildman–Crippen MR) is 75.3 cm³/mol. The van der Waals surface area contributed by atoms with Gasteiger partial charge in [0.15, 0.2) is 0 Å². The predicted octanol–water partition coefficient (Wildman–Crippen LogP) is 1.78. The van der Waals surface area contributed by atoms with Crippen LogP contribution >= 0.6 is 11.6 Å². The number of aliphatic carboxylic acids is 1. The third-order valence-corrected chi connectivity index (χ3v) is 3.99. The van der Waals surface area contributed by atoms with Gasteiger partial charge in [0.25, 0.3) is 5.69 Å². The molecular weight excluding hydrogens is 300 g/mol. The Balaban J connectivity index is 2.22. The summed E-state index contributed by atoms with van der Waals surface area (Å²) in [6, 6.07) is 4.15. The van der Waals surface area contributed by atoms with E-state index in [9.17, 15) is 14.9 Å². The topological polar surface area (TPSA) is 92.9 Å². The SMILES string of the molecule is CN(Cc1c(Cl)cccc1[N+](=O)[O-])C1COCC1C(=O)O. The Morgan fingerprint density at radius 3 is 2.90 bits per heavy atom. The monoisotopic (exact) mass is 314 g/mol. The fraction of sp³-hybridized carbons (Fsp3) is 0.462. The van der Waals surface area contributed by atoms with Gasteiger partial charge in [0, 0.05) is 18.7 Å². The van der Waals surface area contributed by atoms with Crippen LogP contribution < -0.4 is 0 Å². The summed E-state index contributed by atoms with van der Waals surface area (Å²) in [7, 11) is 1.71. The molecular formula is C13H15ClN2O5. The number of carboxylic acids is 1. The molecule has 2 atom stereocenters. The van der Waals surface area contributed by atoms with Crippen LogP contribution in [0.25, 0.3) is 0 Å². The number of benzene rings is 1. The first kappa shape index (κ1) is 15.7. The van der Waals surface area contributed by atoms with E-state index in [4.69, 9.17) is 21.4 Å². The van der Waals surface area contributed by atoms with Crippen molar-refractivity contribution in [3.05, 3.63) is 38.9 Å². The van der Waals surface area contributed by atoms with Crippen LogP contribution in [0.2, 0.25) is 5.02 Å². The molecule has 0 saturated carbocycles. The lowest BCUT2D eigenvalue weighted by molar-refractivity contribution is -0.385. The van der Waals surface area contributed by atoms with Gasteiger partial charge in [0.05, 0.1) is 34.6 Å². The highest BCUT2D eigenvalue weighted by molar-refractivity contribution is 6.31. The Morgan fingerprint density at radius 2 is 2.29 bits per heavy atom. The molecule has 1 aliphatic heterocycles. The largest absolute Gasteiger partial charge is 0.481 e. The number of ether oxygens (including phenoxy) is 1. The number of halogens is 1. The standard InChI is InChI=1S/C13H15ClN2O5/c1-15(12-7-21-6-9(12)13(17)18)5-8-10(14)3-2-4-11(8)16(19)20/h2-4,9,12H,5-7H2,1H3,(H,17,18). The van der Waals surface area contributed by atoms with E-state index in [1.165, 1.54) is 12.1 Å². The molecule has 21 heavy (non-hydrogen) atoms. The Hall–Kier alpha value is -1.70. The van der Waals surface area contributed by atoms with Crippen LogP contribution in [-0.4, -0.2) is 47.2 Å². The number of nitrogens with zero attached hydrogens (tertiary/aromatic N) is 2. The lowest BCUT2D eigenvalue weighted by Gasteiger charge is -2.26. The van der Waals surface area contributed by atoms with Crippen LogP contribution in [0.1, 0.15) is 5.56 Å². The maximum Gasteiger partial charge on any atom is 0.310 e. The van der Waals surface area contributed by atoms with Crippen molar-refractivity contribution in [2.24, 2.45) is 5.92 Å². The van der Waals surface area contributed by atoms with Crippen LogP contribution in [0.15, 0.2) is 18.2 Å². The van der Waals surface area contributed by atoms with Crippen molar-refractivity contribution >= 4 is 23.3 Å². The summed E-state index contributed by atoms with van der Waals surface area (Å²) in [5, 5.41) is 20.5. The van der Waals surface area contributed by atoms with E-state index in [0.29, 0.717) is 10.6 Å². The average molecular weight is 315 g/mol. The lowest BCUT2D eigenvalue weighted by atomic mass is 10.0. The van der Waals surface area contributed by atoms with Gasteiger partial charge in [-0.2, -0.15) is 0 Å². The van der Waals surface area contributed by atoms with Gasteiger partial charge in [-0.3, -0.25) is 19.8 Å². The minimum absolute atomic E-state index is 0.0693. The molecule has 0 amide bonds. The van der Waals surface area contributed by atoms with Crippen molar-refractivity contribution < 1.29 is 19.6 Å². The molecule has 0 bridgehead atoms. The van der Waals surface area contributed by atoms with Crippen LogP contribution in [0.3, 0.4) is 0 Å². The molecule has 2 unspecified atom stereocenters. The number of carbonyl (C=O) groups is 1. The molecule has 0 spiro atoms. The minimum atomic E-state index is -0.932. The van der Waals surface area contributed by atoms with Gasteiger partial charge in [-0.05, 0) is 13.1 Å². The lowest BCUT2D eigenvalue weighted by Crippen LogP contribution is -2.40. The molecule has 1 fully saturated rings. The smallest absolute Gasteiger partial charge is 0.310 e. The second-order valence-corrected chi connectivity index (χ2v) is 5.37. The van der Waals surface area contributed by atoms with Crippen LogP contribution in [0.4, 0.5) is 5.69 Å². The fourth-order valence-electron chi connectivity index (χ4n) is 2.45. The van der Waals surface area contributed by atoms with Crippen LogP contribution in [0, 0.1) is 16.0 Å². The average Bonchev–Trinajstić information content (AvgIpc) is 2.90. The number of carboxylic acid groups (broad SMARTS) is 1. The molecule has 7 nitrogen and oxygen atoms in total. The Bertz CT molecular complexity index is 565. The minimum Gasteiger partial charge on any atom is -0.481 e. The quantitative estimate of drug-likeness (QED) is 0.658. The zero-order valence-corrected chi connectivity index (χ0v) is 12.1. The van der Waals surface area contributed by atoms with Crippen molar-refractivity contribution in [3.8, 4) is 0 Å². The summed E-state index contributed by atoms with van der Waals surface area (Å²) in [5.41, 5.74) is 0.308. The Labute approximate surface area is 126 Å². The molecule has 1 aromatic rings. The first-order chi connectivity index (χ1) is 9.91. The summed E-state index contributed by atoms with van der Waals surface area (Å²) >= 11 is 6.04. The molecule has 1 aromatic carbocycles. The molecule has 0 aliphatic carbocycles. The highest BCUT2D eigenvalue weighted by Gasteiger charge is 2.37. The van der Waals surface area contributed by atoms with Gasteiger partial charge in [-0.1, -0.05) is 17.7 Å². The summed E-state index contributed by atoms with van der Waals surface area (Å²) in [6.45, 7) is 0.620. The maximum atomic E-state index is 11.2. The van der Waals surface area contributed by atoms with Gasteiger partial charge < -0.3 is 9.84 Å². The molecule has 1 saturated heterocycles. The molecule has 1 heterocycles. The first-order valence-electron chi connectivity index (χ1n) is 6.34. The second kappa shape index (κ2) is 6.38. The molecule has 114 valence electrons. The van der Waals surface area contributed by atoms with Crippen molar-refractivity contribution in [3.63, 3.8) is 0 Å². The van der Waals surface area contributed by atoms with Gasteiger partial charge in [-0.25, -0.2) is 0 Å². The zero-order valence-electron chi connectivity index (χ0n) is 11.4. The zero-order chi connectivity index (χ0) is 15.6. The number of hydrogen-bond donors (Lipinski definition) is 1. The van der Waals surface area contributed by atoms with Crippen molar-refractivity contribution in [1.82, 2.24) is 4.90 Å². The van der Waals surface area contributed by atoms with E-state index in [2.05, 4.69) is 0 Å². The summed E-state index contributed by atoms with van der Waals surface area (Å²) < 4.78 is 5.21. The number of rotatable bonds is 5. The number of hydrogen-bond acceptors (Lipinski definition) is 5. The molecule has 2 rings (SSSR count). The maximum absolute atomic E-state index is 11.2. The molecule has 8 heteroatoms. The normalized spacial score (nSPS) is 21.7. The summed E-state index contributed by atoms with van der Waals surface area (Å²) in [6.07, 6.45) is 0. The first-order valence-corrected chi connectivity index (χ1v) is 6.72. The number of nitro groups is 1. The molecule has 1 aliphatic rings. The molecule has 1 N–H and O–H groups in total. The molecule has 0 aromatic heterocycles. The van der Waals surface area contributed by atoms with E-state index >= 15 is 0 Å². The Kier molecular flexibility index (Phi) is 4.76. The highest BCUT2D eigenvalue weighted by atomic mass is 35.5. The van der Waals surface area contributed by atoms with Gasteiger partial charge in [-0.15, -0.1) is 0 Å². The number of likely N-dealkylation sites (N-methyl/N-ethyl adjacent to an activating group) is 1. The van der Waals surface area contributed by atoms with Crippen LogP contribution in [-0.2, 0) is 16.1 Å². The van der Waals surface area contributed by atoms with Gasteiger partial charge >= 0.3 is 5.97 Å². The third-order valence-electron chi connectivity index (χ3n) is 3.63. The Morgan fingerprint density at radius 1 is 1.57 bits per heavy atom. The fourth-order valence-corrected chi connectivity index (χ4v) is 2.68. The summed E-state index contributed by atoms with van der Waals surface area (Å²) in [5.74, 6) is -1.57. The van der Waals surface area contributed by atoms with E-state index in [0.717, 1.165) is 0 Å². The van der Waals surface area contributed by atoms with Crippen LogP contribution in [0.5, 0.6) is 0 Å². The van der Waals surface area contributed by atoms with E-state index < -0.39 is 16.8 Å². The highest BCUT2D eigenvalue weighted by Crippen LogP contribution is 2.29. The van der Waals surface area contributed by atoms with Gasteiger partial charge in [0.2, 0.25) is 0 Å². The van der Waals surface area contributed by atoms with Gasteiger partial charge in [0.1, 0.15) is 0 Å². The van der Waals surface area contributed by atoms with Crippen molar-refractivity contribution in [2.75, 3.05) is 20.3 Å². The third kappa shape index (κ3) is 3.31. The second-order valence-electron chi connectivity index (χ2n) is 4.96. The van der Waals surface area contributed by atoms with E-state index in [-0.39, 0.29) is 31.5 Å². The van der Waals surface area contributed by atoms with E-state index in [1.807, 2.05) is 0 Å². The van der Waals surface area contributed by atoms with Crippen molar-refractivity contribution in [1.29, 1.82) is 0 Å². The van der Waals surface area contributed by atoms with E-state index in [1.54, 1.807) is 18.0 Å². The van der Waals surface area contributed by atoms with Crippen molar-refractivity contribution in [2.45, 2.75) is 12.6 Å². The number of nitro benzene ring substituents is 1.